The van der Waals surface area contributed by atoms with Crippen molar-refractivity contribution in [3.63, 3.8) is 0 Å². The fourth-order valence-corrected chi connectivity index (χ4v) is 7.29. The summed E-state index contributed by atoms with van der Waals surface area (Å²) >= 11 is 0. The Hall–Kier alpha value is -2.77. The van der Waals surface area contributed by atoms with Crippen molar-refractivity contribution in [3.8, 4) is 11.8 Å². The summed E-state index contributed by atoms with van der Waals surface area (Å²) in [6, 6.07) is 7.11. The van der Waals surface area contributed by atoms with E-state index in [1.807, 2.05) is 29.2 Å². The summed E-state index contributed by atoms with van der Waals surface area (Å²) < 4.78 is 11.2. The number of nitrogens with zero attached hydrogens (tertiary/aromatic N) is 3. The summed E-state index contributed by atoms with van der Waals surface area (Å²) in [5.74, 6) is 6.62. The SMILES string of the molecule is COCCN1CCN(c2ccc(C(=O)NC(C=O)(C3CCCCC3)N3CC(C#CC4CC4)C4OCC(=O)C43)cc2)CC1. The molecule has 4 atom stereocenters. The molecule has 9 nitrogen and oxygen atoms in total. The van der Waals surface area contributed by atoms with Crippen molar-refractivity contribution in [1.29, 1.82) is 0 Å². The number of piperazine rings is 1. The summed E-state index contributed by atoms with van der Waals surface area (Å²) in [5, 5.41) is 3.19. The second-order valence-electron chi connectivity index (χ2n) is 12.6. The molecule has 2 aliphatic carbocycles. The van der Waals surface area contributed by atoms with Crippen LogP contribution in [0.1, 0.15) is 55.3 Å². The fraction of sp³-hybridized carbons (Fsp3) is 0.667. The number of hydrogen-bond donors (Lipinski definition) is 1. The van der Waals surface area contributed by atoms with E-state index in [0.717, 1.165) is 96.2 Å². The first-order chi connectivity index (χ1) is 20.5. The van der Waals surface area contributed by atoms with Gasteiger partial charge < -0.3 is 19.7 Å². The smallest absolute Gasteiger partial charge is 0.253 e. The number of carbonyl (C=O) groups excluding carboxylic acids is 3. The van der Waals surface area contributed by atoms with Crippen LogP contribution in [-0.2, 0) is 19.1 Å². The van der Waals surface area contributed by atoms with Gasteiger partial charge in [0.05, 0.1) is 18.6 Å². The average molecular weight is 577 g/mol. The van der Waals surface area contributed by atoms with Gasteiger partial charge in [0.15, 0.2) is 17.7 Å². The Balaban J connectivity index is 1.21. The number of rotatable bonds is 9. The predicted octanol–water partition coefficient (Wildman–Crippen LogP) is 2.34. The van der Waals surface area contributed by atoms with Gasteiger partial charge in [0.2, 0.25) is 0 Å². The zero-order chi connectivity index (χ0) is 29.1. The number of amides is 1. The lowest BCUT2D eigenvalue weighted by Crippen LogP contribution is -2.68. The third kappa shape index (κ3) is 6.00. The molecule has 2 saturated carbocycles. The molecular formula is C33H44N4O5. The standard InChI is InChI=1S/C33H44N4O5/c1-41-20-19-35-15-17-36(18-16-35)28-13-11-25(12-14-28)32(40)34-33(23-38,27-5-3-2-4-6-27)37-21-26(10-9-24-7-8-24)31-30(37)29(39)22-42-31/h11-14,23-24,26-27,30-31H,2-8,15-22H2,1H3,(H,34,40). The Kier molecular flexibility index (Phi) is 8.96. The highest BCUT2D eigenvalue weighted by molar-refractivity contribution is 5.97. The van der Waals surface area contributed by atoms with Gasteiger partial charge in [0.1, 0.15) is 12.6 Å². The number of fused-ring (bicyclic) bond motifs is 1. The summed E-state index contributed by atoms with van der Waals surface area (Å²) in [4.78, 5) is 47.0. The Labute approximate surface area is 249 Å². The van der Waals surface area contributed by atoms with Crippen LogP contribution in [0.5, 0.6) is 0 Å². The normalized spacial score (nSPS) is 28.5. The second-order valence-corrected chi connectivity index (χ2v) is 12.6. The van der Waals surface area contributed by atoms with E-state index in [1.165, 1.54) is 0 Å². The van der Waals surface area contributed by atoms with E-state index in [4.69, 9.17) is 9.47 Å². The topological polar surface area (TPSA) is 91.4 Å². The Morgan fingerprint density at radius 1 is 1.07 bits per heavy atom. The zero-order valence-electron chi connectivity index (χ0n) is 24.8. The van der Waals surface area contributed by atoms with Crippen LogP contribution >= 0.6 is 0 Å². The number of anilines is 1. The van der Waals surface area contributed by atoms with Crippen LogP contribution in [0.3, 0.4) is 0 Å². The maximum atomic E-state index is 13.9. The van der Waals surface area contributed by atoms with Gasteiger partial charge in [-0.3, -0.25) is 24.2 Å². The molecule has 3 saturated heterocycles. The van der Waals surface area contributed by atoms with Gasteiger partial charge >= 0.3 is 0 Å². The number of methoxy groups -OCH3 is 1. The van der Waals surface area contributed by atoms with E-state index in [-0.39, 0.29) is 36.2 Å². The van der Waals surface area contributed by atoms with Crippen LogP contribution in [0, 0.1) is 29.6 Å². The first kappa shape index (κ1) is 29.3. The van der Waals surface area contributed by atoms with Crippen molar-refractivity contribution in [2.45, 2.75) is 62.8 Å². The number of hydrogen-bond acceptors (Lipinski definition) is 8. The van der Waals surface area contributed by atoms with Crippen molar-refractivity contribution in [2.24, 2.45) is 17.8 Å². The largest absolute Gasteiger partial charge is 0.383 e. The molecule has 1 aromatic carbocycles. The number of ether oxygens (including phenoxy) is 2. The first-order valence-electron chi connectivity index (χ1n) is 15.8. The summed E-state index contributed by atoms with van der Waals surface area (Å²) in [6.45, 7) is 5.93. The van der Waals surface area contributed by atoms with Crippen molar-refractivity contribution in [3.05, 3.63) is 29.8 Å². The third-order valence-corrected chi connectivity index (χ3v) is 9.91. The van der Waals surface area contributed by atoms with E-state index in [0.29, 0.717) is 18.0 Å². The molecule has 0 bridgehead atoms. The van der Waals surface area contributed by atoms with Crippen molar-refractivity contribution in [1.82, 2.24) is 15.1 Å². The van der Waals surface area contributed by atoms with E-state index >= 15 is 0 Å². The molecule has 9 heteroatoms. The van der Waals surface area contributed by atoms with Gasteiger partial charge in [-0.25, -0.2) is 0 Å². The van der Waals surface area contributed by atoms with Crippen LogP contribution in [0.4, 0.5) is 5.69 Å². The van der Waals surface area contributed by atoms with Gasteiger partial charge in [-0.2, -0.15) is 0 Å². The minimum atomic E-state index is -1.28. The van der Waals surface area contributed by atoms with Crippen LogP contribution in [0.25, 0.3) is 0 Å². The minimum Gasteiger partial charge on any atom is -0.383 e. The molecule has 3 aliphatic heterocycles. The Morgan fingerprint density at radius 3 is 2.48 bits per heavy atom. The molecule has 1 aromatic rings. The molecule has 1 amide bonds. The number of carbonyl (C=O) groups is 3. The van der Waals surface area contributed by atoms with Crippen LogP contribution in [0.15, 0.2) is 24.3 Å². The fourth-order valence-electron chi connectivity index (χ4n) is 7.29. The predicted molar refractivity (Wildman–Crippen MR) is 159 cm³/mol. The average Bonchev–Trinajstić information content (AvgIpc) is 3.69. The number of aldehydes is 1. The molecular weight excluding hydrogens is 532 g/mol. The number of likely N-dealkylation sites (tertiary alicyclic amines) is 1. The van der Waals surface area contributed by atoms with E-state index < -0.39 is 11.7 Å². The quantitative estimate of drug-likeness (QED) is 0.354. The molecule has 5 aliphatic rings. The summed E-state index contributed by atoms with van der Waals surface area (Å²) in [7, 11) is 1.73. The highest BCUT2D eigenvalue weighted by Crippen LogP contribution is 2.42. The Morgan fingerprint density at radius 2 is 1.81 bits per heavy atom. The van der Waals surface area contributed by atoms with E-state index in [9.17, 15) is 14.4 Å². The van der Waals surface area contributed by atoms with Crippen molar-refractivity contribution < 1.29 is 23.9 Å². The third-order valence-electron chi connectivity index (χ3n) is 9.91. The summed E-state index contributed by atoms with van der Waals surface area (Å²) in [6.07, 6.45) is 7.56. The van der Waals surface area contributed by atoms with Gasteiger partial charge in [-0.05, 0) is 49.9 Å². The lowest BCUT2D eigenvalue weighted by molar-refractivity contribution is -0.132. The van der Waals surface area contributed by atoms with E-state index in [2.05, 4.69) is 27.0 Å². The minimum absolute atomic E-state index is 0.0290. The van der Waals surface area contributed by atoms with Crippen LogP contribution in [-0.4, -0.2) is 105 Å². The molecule has 6 rings (SSSR count). The maximum absolute atomic E-state index is 13.9. The van der Waals surface area contributed by atoms with Crippen molar-refractivity contribution in [2.75, 3.05) is 64.5 Å². The van der Waals surface area contributed by atoms with Gasteiger partial charge in [0.25, 0.3) is 5.91 Å². The highest BCUT2D eigenvalue weighted by atomic mass is 16.5. The van der Waals surface area contributed by atoms with Crippen LogP contribution < -0.4 is 10.2 Å². The number of ketones is 1. The van der Waals surface area contributed by atoms with Crippen LogP contribution in [0.2, 0.25) is 0 Å². The molecule has 5 fully saturated rings. The first-order valence-corrected chi connectivity index (χ1v) is 15.8. The lowest BCUT2D eigenvalue weighted by Gasteiger charge is -2.46. The maximum Gasteiger partial charge on any atom is 0.253 e. The molecule has 0 aromatic heterocycles. The molecule has 226 valence electrons. The molecule has 3 heterocycles. The Bertz CT molecular complexity index is 1190. The molecule has 0 radical (unpaired) electrons. The lowest BCUT2D eigenvalue weighted by atomic mass is 9.78. The number of benzene rings is 1. The number of nitrogens with one attached hydrogen (secondary N) is 1. The number of Topliss-reactive ketones (excluding diaryl/α,β-unsaturated/α-hetero) is 1. The zero-order valence-corrected chi connectivity index (χ0v) is 24.8. The van der Waals surface area contributed by atoms with Gasteiger partial charge in [-0.1, -0.05) is 31.1 Å². The summed E-state index contributed by atoms with van der Waals surface area (Å²) in [5.41, 5.74) is 0.311. The van der Waals surface area contributed by atoms with E-state index in [1.54, 1.807) is 7.11 Å². The molecule has 1 N–H and O–H groups in total. The van der Waals surface area contributed by atoms with Gasteiger partial charge in [-0.15, -0.1) is 0 Å². The molecule has 42 heavy (non-hydrogen) atoms. The monoisotopic (exact) mass is 576 g/mol. The highest BCUT2D eigenvalue weighted by Gasteiger charge is 2.59. The molecule has 4 unspecified atom stereocenters. The van der Waals surface area contributed by atoms with Gasteiger partial charge in [0, 0.05) is 69.5 Å². The molecule has 0 spiro atoms. The van der Waals surface area contributed by atoms with Crippen molar-refractivity contribution >= 4 is 23.7 Å². The second kappa shape index (κ2) is 12.8.